The van der Waals surface area contributed by atoms with Crippen molar-refractivity contribution in [3.05, 3.63) is 62.6 Å². The minimum atomic E-state index is 0.612. The van der Waals surface area contributed by atoms with E-state index in [2.05, 4.69) is 42.2 Å². The molecule has 0 spiro atoms. The summed E-state index contributed by atoms with van der Waals surface area (Å²) in [5.74, 6) is 0. The van der Waals surface area contributed by atoms with Crippen LogP contribution in [0, 0.1) is 18.3 Å². The minimum Gasteiger partial charge on any atom is -0.235 e. The lowest BCUT2D eigenvalue weighted by molar-refractivity contribution is 1.36. The Balaban J connectivity index is 1.94. The van der Waals surface area contributed by atoms with Crippen LogP contribution in [0.5, 0.6) is 0 Å². The van der Waals surface area contributed by atoms with Crippen LogP contribution in [0.25, 0.3) is 22.9 Å². The van der Waals surface area contributed by atoms with Gasteiger partial charge in [0.25, 0.3) is 0 Å². The summed E-state index contributed by atoms with van der Waals surface area (Å²) in [7, 11) is 0. The molecule has 3 aromatic rings. The lowest BCUT2D eigenvalue weighted by atomic mass is 10.1. The average Bonchev–Trinajstić information content (AvgIpc) is 3.17. The largest absolute Gasteiger partial charge is 0.235 e. The molecule has 0 unspecified atom stereocenters. The molecule has 0 bridgehead atoms. The van der Waals surface area contributed by atoms with Crippen LogP contribution in [-0.2, 0) is 0 Å². The molecular formula is C17H12N2S2. The molecule has 2 nitrogen and oxygen atoms in total. The van der Waals surface area contributed by atoms with Gasteiger partial charge >= 0.3 is 0 Å². The summed E-state index contributed by atoms with van der Waals surface area (Å²) >= 11 is 3.12. The highest BCUT2D eigenvalue weighted by Gasteiger charge is 2.09. The number of nitrogens with zero attached hydrogens (tertiary/aromatic N) is 2. The molecule has 0 fully saturated rings. The van der Waals surface area contributed by atoms with Gasteiger partial charge in [0.05, 0.1) is 11.3 Å². The Kier molecular flexibility index (Phi) is 3.96. The van der Waals surface area contributed by atoms with Gasteiger partial charge in [-0.3, -0.25) is 0 Å². The van der Waals surface area contributed by atoms with E-state index in [0.29, 0.717) is 5.57 Å². The number of allylic oxidation sites excluding steroid dienone is 1. The third-order valence-electron chi connectivity index (χ3n) is 3.03. The van der Waals surface area contributed by atoms with Crippen molar-refractivity contribution < 1.29 is 0 Å². The Morgan fingerprint density at radius 1 is 1.19 bits per heavy atom. The molecule has 0 saturated heterocycles. The molecule has 0 aliphatic heterocycles. The standard InChI is InChI=1S/C17H12N2S2/c1-12-4-6-13(7-5-12)16-11-21-17(19-16)14(10-18)9-15-3-2-8-20-15/h2-9,11H,1H3. The summed E-state index contributed by atoms with van der Waals surface area (Å²) in [5.41, 5.74) is 3.84. The predicted octanol–water partition coefficient (Wildman–Crippen LogP) is 5.24. The van der Waals surface area contributed by atoms with Gasteiger partial charge in [-0.05, 0) is 24.4 Å². The second-order valence-corrected chi connectivity index (χ2v) is 6.43. The highest BCUT2D eigenvalue weighted by Crippen LogP contribution is 2.28. The van der Waals surface area contributed by atoms with Crippen molar-refractivity contribution in [3.8, 4) is 17.3 Å². The van der Waals surface area contributed by atoms with Gasteiger partial charge in [-0.1, -0.05) is 35.9 Å². The van der Waals surface area contributed by atoms with E-state index < -0.39 is 0 Å². The van der Waals surface area contributed by atoms with Crippen LogP contribution in [0.2, 0.25) is 0 Å². The average molecular weight is 308 g/mol. The molecule has 21 heavy (non-hydrogen) atoms. The molecule has 1 aromatic carbocycles. The van der Waals surface area contributed by atoms with Gasteiger partial charge in [0.1, 0.15) is 11.1 Å². The van der Waals surface area contributed by atoms with E-state index in [1.165, 1.54) is 16.9 Å². The van der Waals surface area contributed by atoms with Crippen LogP contribution >= 0.6 is 22.7 Å². The minimum absolute atomic E-state index is 0.612. The summed E-state index contributed by atoms with van der Waals surface area (Å²) < 4.78 is 0. The molecule has 0 aliphatic rings. The van der Waals surface area contributed by atoms with Crippen molar-refractivity contribution in [2.75, 3.05) is 0 Å². The smallest absolute Gasteiger partial charge is 0.134 e. The quantitative estimate of drug-likeness (QED) is 0.620. The second-order valence-electron chi connectivity index (χ2n) is 4.59. The van der Waals surface area contributed by atoms with Gasteiger partial charge in [-0.2, -0.15) is 5.26 Å². The zero-order valence-electron chi connectivity index (χ0n) is 11.4. The molecule has 2 aromatic heterocycles. The summed E-state index contributed by atoms with van der Waals surface area (Å²) in [6.07, 6.45) is 1.89. The molecule has 102 valence electrons. The van der Waals surface area contributed by atoms with Crippen molar-refractivity contribution in [2.45, 2.75) is 6.92 Å². The maximum absolute atomic E-state index is 9.35. The molecule has 0 atom stereocenters. The number of aryl methyl sites for hydroxylation is 1. The Labute approximate surface area is 131 Å². The molecule has 2 heterocycles. The number of rotatable bonds is 3. The van der Waals surface area contributed by atoms with Crippen molar-refractivity contribution in [2.24, 2.45) is 0 Å². The number of hydrogen-bond donors (Lipinski definition) is 0. The second kappa shape index (κ2) is 6.04. The first kappa shape index (κ1) is 13.7. The van der Waals surface area contributed by atoms with Gasteiger partial charge in [-0.15, -0.1) is 22.7 Å². The Morgan fingerprint density at radius 3 is 2.67 bits per heavy atom. The van der Waals surface area contributed by atoms with Gasteiger partial charge in [0.15, 0.2) is 0 Å². The lowest BCUT2D eigenvalue weighted by Crippen LogP contribution is -1.82. The SMILES string of the molecule is Cc1ccc(-c2csc(C(C#N)=Cc3cccs3)n2)cc1. The van der Waals surface area contributed by atoms with Crippen LogP contribution < -0.4 is 0 Å². The van der Waals surface area contributed by atoms with Gasteiger partial charge in [-0.25, -0.2) is 4.98 Å². The summed E-state index contributed by atoms with van der Waals surface area (Å²) in [4.78, 5) is 5.66. The van der Waals surface area contributed by atoms with Crippen LogP contribution in [0.3, 0.4) is 0 Å². The van der Waals surface area contributed by atoms with Crippen molar-refractivity contribution in [1.29, 1.82) is 5.26 Å². The normalized spacial score (nSPS) is 11.3. The van der Waals surface area contributed by atoms with E-state index in [0.717, 1.165) is 21.1 Å². The van der Waals surface area contributed by atoms with Crippen LogP contribution in [0.15, 0.2) is 47.2 Å². The van der Waals surface area contributed by atoms with Crippen LogP contribution in [0.1, 0.15) is 15.4 Å². The monoisotopic (exact) mass is 308 g/mol. The van der Waals surface area contributed by atoms with Crippen molar-refractivity contribution in [3.63, 3.8) is 0 Å². The number of thiophene rings is 1. The van der Waals surface area contributed by atoms with E-state index in [1.807, 2.05) is 29.0 Å². The maximum Gasteiger partial charge on any atom is 0.134 e. The first-order valence-corrected chi connectivity index (χ1v) is 8.20. The van der Waals surface area contributed by atoms with E-state index in [4.69, 9.17) is 0 Å². The predicted molar refractivity (Wildman–Crippen MR) is 90.1 cm³/mol. The number of aromatic nitrogens is 1. The van der Waals surface area contributed by atoms with Gasteiger partial charge in [0.2, 0.25) is 0 Å². The fourth-order valence-corrected chi connectivity index (χ4v) is 3.36. The van der Waals surface area contributed by atoms with Gasteiger partial charge < -0.3 is 0 Å². The van der Waals surface area contributed by atoms with E-state index in [-0.39, 0.29) is 0 Å². The number of benzene rings is 1. The number of thiazole rings is 1. The van der Waals surface area contributed by atoms with E-state index >= 15 is 0 Å². The number of hydrogen-bond acceptors (Lipinski definition) is 4. The highest BCUT2D eigenvalue weighted by molar-refractivity contribution is 7.12. The molecule has 4 heteroatoms. The topological polar surface area (TPSA) is 36.7 Å². The molecule has 0 N–H and O–H groups in total. The fraction of sp³-hybridized carbons (Fsp3) is 0.0588. The number of nitriles is 1. The summed E-state index contributed by atoms with van der Waals surface area (Å²) in [5, 5.41) is 14.1. The zero-order valence-corrected chi connectivity index (χ0v) is 13.0. The third kappa shape index (κ3) is 3.10. The Bertz CT molecular complexity index is 803. The fourth-order valence-electron chi connectivity index (χ4n) is 1.91. The van der Waals surface area contributed by atoms with Crippen molar-refractivity contribution in [1.82, 2.24) is 4.98 Å². The molecule has 0 amide bonds. The lowest BCUT2D eigenvalue weighted by Gasteiger charge is -1.97. The van der Waals surface area contributed by atoms with Crippen molar-refractivity contribution >= 4 is 34.3 Å². The molecule has 0 saturated carbocycles. The molecule has 3 rings (SSSR count). The highest BCUT2D eigenvalue weighted by atomic mass is 32.1. The summed E-state index contributed by atoms with van der Waals surface area (Å²) in [6, 6.07) is 14.5. The molecular weight excluding hydrogens is 296 g/mol. The Morgan fingerprint density at radius 2 is 2.00 bits per heavy atom. The van der Waals surface area contributed by atoms with E-state index in [1.54, 1.807) is 11.3 Å². The summed E-state index contributed by atoms with van der Waals surface area (Å²) in [6.45, 7) is 2.06. The van der Waals surface area contributed by atoms with Gasteiger partial charge in [0, 0.05) is 15.8 Å². The van der Waals surface area contributed by atoms with Crippen LogP contribution in [-0.4, -0.2) is 4.98 Å². The molecule has 0 radical (unpaired) electrons. The first-order chi connectivity index (χ1) is 10.3. The maximum atomic E-state index is 9.35. The zero-order chi connectivity index (χ0) is 14.7. The van der Waals surface area contributed by atoms with Crippen LogP contribution in [0.4, 0.5) is 0 Å². The first-order valence-electron chi connectivity index (χ1n) is 6.44. The Hall–Kier alpha value is -2.22. The third-order valence-corrected chi connectivity index (χ3v) is 4.73. The molecule has 0 aliphatic carbocycles. The van der Waals surface area contributed by atoms with E-state index in [9.17, 15) is 5.26 Å².